The van der Waals surface area contributed by atoms with E-state index in [0.29, 0.717) is 43.0 Å². The van der Waals surface area contributed by atoms with Crippen LogP contribution in [0.3, 0.4) is 0 Å². The van der Waals surface area contributed by atoms with E-state index in [4.69, 9.17) is 9.72 Å². The number of pyridine rings is 1. The van der Waals surface area contributed by atoms with Gasteiger partial charge in [0.25, 0.3) is 0 Å². The van der Waals surface area contributed by atoms with Crippen LogP contribution in [0.4, 0.5) is 14.6 Å². The van der Waals surface area contributed by atoms with Crippen LogP contribution in [0.15, 0.2) is 37.1 Å². The zero-order valence-electron chi connectivity index (χ0n) is 24.3. The fourth-order valence-corrected chi connectivity index (χ4v) is 8.40. The lowest BCUT2D eigenvalue weighted by atomic mass is 9.87. The molecule has 8 rings (SSSR count). The van der Waals surface area contributed by atoms with Gasteiger partial charge in [-0.3, -0.25) is 14.7 Å². The average molecular weight is 587 g/mol. The smallest absolute Gasteiger partial charge is 0.319 e. The quantitative estimate of drug-likeness (QED) is 0.390. The highest BCUT2D eigenvalue weighted by Crippen LogP contribution is 2.43. The summed E-state index contributed by atoms with van der Waals surface area (Å²) >= 11 is 0. The van der Waals surface area contributed by atoms with Crippen molar-refractivity contribution in [2.75, 3.05) is 37.7 Å². The minimum atomic E-state index is -0.874. The van der Waals surface area contributed by atoms with Crippen molar-refractivity contribution in [1.82, 2.24) is 24.8 Å². The van der Waals surface area contributed by atoms with E-state index in [9.17, 15) is 9.18 Å². The maximum absolute atomic E-state index is 16.6. The summed E-state index contributed by atoms with van der Waals surface area (Å²) in [6.45, 7) is 6.41. The molecule has 0 unspecified atom stereocenters. The molecule has 0 spiro atoms. The third-order valence-corrected chi connectivity index (χ3v) is 10.5. The SMILES string of the molecule is C=CC(=O)N1CC[C@@H]2[C@H]1CN2c1nc(OC[C@@]23CCCN2C[C@H](F)C3)nc2c(F)c(-c3cccc4c3CCCC4)ncc12. The Balaban J connectivity index is 1.20. The third kappa shape index (κ3) is 4.24. The summed E-state index contributed by atoms with van der Waals surface area (Å²) in [5.74, 6) is 0.00963. The molecule has 2 aromatic heterocycles. The predicted octanol–water partition coefficient (Wildman–Crippen LogP) is 4.64. The average Bonchev–Trinajstić information content (AvgIpc) is 3.65. The van der Waals surface area contributed by atoms with Crippen LogP contribution in [0.25, 0.3) is 22.2 Å². The van der Waals surface area contributed by atoms with Gasteiger partial charge in [0.1, 0.15) is 29.8 Å². The molecule has 0 radical (unpaired) electrons. The van der Waals surface area contributed by atoms with Crippen LogP contribution in [0.5, 0.6) is 6.01 Å². The molecule has 1 aromatic carbocycles. The van der Waals surface area contributed by atoms with Crippen molar-refractivity contribution < 1.29 is 18.3 Å². The topological polar surface area (TPSA) is 74.7 Å². The standard InChI is InChI=1S/C33H36F2N6O2/c1-2-27(42)40-14-11-25-26(40)18-41(25)31-24-16-36-29(23-10-5-8-20-7-3-4-9-22(20)23)28(35)30(24)37-32(38-31)43-19-33-12-6-13-39(33)17-21(34)15-33/h2,5,8,10,16,21,25-26H,1,3-4,6-7,9,11-15,17-19H2/t21-,25-,26-,33+/m1/s1. The number of aromatic nitrogens is 3. The van der Waals surface area contributed by atoms with Gasteiger partial charge in [-0.1, -0.05) is 24.8 Å². The predicted molar refractivity (Wildman–Crippen MR) is 159 cm³/mol. The Morgan fingerprint density at radius 3 is 2.91 bits per heavy atom. The molecule has 43 heavy (non-hydrogen) atoms. The number of hydrogen-bond acceptors (Lipinski definition) is 7. The molecule has 4 saturated heterocycles. The van der Waals surface area contributed by atoms with Gasteiger partial charge in [0.2, 0.25) is 5.91 Å². The van der Waals surface area contributed by atoms with Gasteiger partial charge in [0, 0.05) is 37.8 Å². The molecule has 224 valence electrons. The number of benzene rings is 1. The number of halogens is 2. The molecule has 5 aliphatic rings. The number of likely N-dealkylation sites (tertiary alicyclic amines) is 1. The lowest BCUT2D eigenvalue weighted by molar-refractivity contribution is -0.127. The lowest BCUT2D eigenvalue weighted by Crippen LogP contribution is -2.63. The van der Waals surface area contributed by atoms with Gasteiger partial charge in [0.15, 0.2) is 5.82 Å². The number of fused-ring (bicyclic) bond motifs is 4. The number of alkyl halides is 1. The minimum Gasteiger partial charge on any atom is -0.461 e. The Labute approximate surface area is 249 Å². The Bertz CT molecular complexity index is 1630. The monoisotopic (exact) mass is 586 g/mol. The highest BCUT2D eigenvalue weighted by Gasteiger charge is 2.51. The summed E-state index contributed by atoms with van der Waals surface area (Å²) in [5, 5.41) is 0.524. The van der Waals surface area contributed by atoms with E-state index in [1.54, 1.807) is 6.20 Å². The second-order valence-corrected chi connectivity index (χ2v) is 12.8. The molecule has 6 heterocycles. The van der Waals surface area contributed by atoms with Gasteiger partial charge in [-0.25, -0.2) is 8.78 Å². The Morgan fingerprint density at radius 1 is 1.14 bits per heavy atom. The number of carbonyl (C=O) groups excluding carboxylic acids is 1. The van der Waals surface area contributed by atoms with Crippen LogP contribution in [0.1, 0.15) is 49.7 Å². The Morgan fingerprint density at radius 2 is 2.02 bits per heavy atom. The van der Waals surface area contributed by atoms with Crippen LogP contribution >= 0.6 is 0 Å². The highest BCUT2D eigenvalue weighted by atomic mass is 19.1. The van der Waals surface area contributed by atoms with Crippen LogP contribution in [-0.4, -0.2) is 87.2 Å². The molecule has 1 aliphatic carbocycles. The van der Waals surface area contributed by atoms with E-state index in [-0.39, 0.29) is 41.7 Å². The van der Waals surface area contributed by atoms with Crippen molar-refractivity contribution in [3.8, 4) is 17.3 Å². The number of rotatable bonds is 6. The van der Waals surface area contributed by atoms with Crippen LogP contribution < -0.4 is 9.64 Å². The number of anilines is 1. The number of hydrogen-bond donors (Lipinski definition) is 0. The molecule has 4 atom stereocenters. The molecule has 1 amide bonds. The maximum atomic E-state index is 16.6. The molecule has 4 aliphatic heterocycles. The van der Waals surface area contributed by atoms with Crippen LogP contribution in [-0.2, 0) is 17.6 Å². The first-order chi connectivity index (χ1) is 21.0. The van der Waals surface area contributed by atoms with Crippen molar-refractivity contribution >= 4 is 22.6 Å². The van der Waals surface area contributed by atoms with Gasteiger partial charge in [-0.05, 0) is 68.7 Å². The molecule has 4 fully saturated rings. The van der Waals surface area contributed by atoms with Gasteiger partial charge in [-0.2, -0.15) is 9.97 Å². The number of amides is 1. The maximum Gasteiger partial charge on any atom is 0.319 e. The van der Waals surface area contributed by atoms with Crippen LogP contribution in [0.2, 0.25) is 0 Å². The van der Waals surface area contributed by atoms with Crippen molar-refractivity contribution in [1.29, 1.82) is 0 Å². The number of carbonyl (C=O) groups is 1. The van der Waals surface area contributed by atoms with Gasteiger partial charge in [0.05, 0.1) is 23.0 Å². The fraction of sp³-hybridized carbons (Fsp3) is 0.515. The molecule has 0 N–H and O–H groups in total. The van der Waals surface area contributed by atoms with E-state index in [0.717, 1.165) is 62.6 Å². The van der Waals surface area contributed by atoms with Crippen molar-refractivity contribution in [3.63, 3.8) is 0 Å². The molecule has 0 saturated carbocycles. The Hall–Kier alpha value is -3.66. The first kappa shape index (κ1) is 26.9. The van der Waals surface area contributed by atoms with Gasteiger partial charge in [-0.15, -0.1) is 0 Å². The minimum absolute atomic E-state index is 0.0544. The van der Waals surface area contributed by atoms with Gasteiger partial charge >= 0.3 is 6.01 Å². The summed E-state index contributed by atoms with van der Waals surface area (Å²) < 4.78 is 37.3. The normalized spacial score (nSPS) is 28.0. The third-order valence-electron chi connectivity index (χ3n) is 10.5. The van der Waals surface area contributed by atoms with E-state index in [1.165, 1.54) is 11.6 Å². The Kier molecular flexibility index (Phi) is 6.40. The highest BCUT2D eigenvalue weighted by molar-refractivity contribution is 5.93. The number of aryl methyl sites for hydroxylation is 1. The summed E-state index contributed by atoms with van der Waals surface area (Å²) in [4.78, 5) is 32.7. The van der Waals surface area contributed by atoms with Crippen molar-refractivity contribution in [3.05, 3.63) is 54.0 Å². The summed E-state index contributed by atoms with van der Waals surface area (Å²) in [7, 11) is 0. The fourth-order valence-electron chi connectivity index (χ4n) is 8.40. The summed E-state index contributed by atoms with van der Waals surface area (Å²) in [6.07, 6.45) is 9.35. The lowest BCUT2D eigenvalue weighted by Gasteiger charge is -2.47. The number of ether oxygens (including phenoxy) is 1. The summed E-state index contributed by atoms with van der Waals surface area (Å²) in [6, 6.07) is 6.27. The van der Waals surface area contributed by atoms with E-state index < -0.39 is 12.0 Å². The molecular weight excluding hydrogens is 550 g/mol. The van der Waals surface area contributed by atoms with Crippen molar-refractivity contribution in [2.45, 2.75) is 75.2 Å². The molecule has 3 aromatic rings. The van der Waals surface area contributed by atoms with E-state index in [1.807, 2.05) is 17.0 Å². The molecule has 10 heteroatoms. The van der Waals surface area contributed by atoms with Gasteiger partial charge < -0.3 is 14.5 Å². The molecule has 0 bridgehead atoms. The first-order valence-corrected chi connectivity index (χ1v) is 15.6. The van der Waals surface area contributed by atoms with Crippen LogP contribution in [0, 0.1) is 5.82 Å². The molecular formula is C33H36F2N6O2. The second kappa shape index (κ2) is 10.2. The largest absolute Gasteiger partial charge is 0.461 e. The first-order valence-electron chi connectivity index (χ1n) is 15.6. The number of nitrogens with zero attached hydrogens (tertiary/aromatic N) is 6. The molecule has 8 nitrogen and oxygen atoms in total. The zero-order chi connectivity index (χ0) is 29.3. The summed E-state index contributed by atoms with van der Waals surface area (Å²) in [5.41, 5.74) is 3.33. The van der Waals surface area contributed by atoms with E-state index in [2.05, 4.69) is 32.4 Å². The van der Waals surface area contributed by atoms with Crippen molar-refractivity contribution in [2.24, 2.45) is 0 Å². The van der Waals surface area contributed by atoms with E-state index >= 15 is 4.39 Å². The zero-order valence-corrected chi connectivity index (χ0v) is 24.3. The second-order valence-electron chi connectivity index (χ2n) is 12.8.